The van der Waals surface area contributed by atoms with Crippen molar-refractivity contribution in [3.05, 3.63) is 53.7 Å². The number of carbonyl (C=O) groups excluding carboxylic acids is 2. The van der Waals surface area contributed by atoms with Gasteiger partial charge in [0.2, 0.25) is 24.6 Å². The number of piperazine rings is 1. The van der Waals surface area contributed by atoms with E-state index in [1.807, 2.05) is 28.0 Å². The first-order valence-electron chi connectivity index (χ1n) is 13.3. The number of amides is 2. The molecule has 0 saturated carbocycles. The van der Waals surface area contributed by atoms with E-state index in [9.17, 15) is 9.59 Å². The van der Waals surface area contributed by atoms with E-state index in [1.165, 1.54) is 0 Å². The third kappa shape index (κ3) is 5.82. The number of anilines is 1. The molecule has 0 aliphatic carbocycles. The molecule has 12 nitrogen and oxygen atoms in total. The van der Waals surface area contributed by atoms with Crippen LogP contribution in [0.1, 0.15) is 18.4 Å². The Hall–Kier alpha value is -3.90. The standard InChI is InChI=1S/C27H30ClN7O5/c28-23-13-24(32-27(31-23)34-7-6-29-16-34)35-9-8-33(26(37)19-4-10-38-15-19)14-20(35)12-25(36)30-5-3-18-1-2-21-22(11-18)40-17-39-21/h1-2,6-7,11,13,16,19-20H,3-5,8-10,12,14-15,17H2,(H,30,36). The number of halogens is 1. The monoisotopic (exact) mass is 567 g/mol. The molecular formula is C27H30ClN7O5. The van der Waals surface area contributed by atoms with Crippen LogP contribution in [0, 0.1) is 5.92 Å². The molecule has 40 heavy (non-hydrogen) atoms. The SMILES string of the molecule is O=C(CC1CN(C(=O)C2CCOC2)CCN1c1cc(Cl)nc(-n2ccnc2)n1)NCCc1ccc2c(c1)OCO2. The van der Waals surface area contributed by atoms with Crippen LogP contribution in [0.25, 0.3) is 5.95 Å². The molecule has 0 bridgehead atoms. The second kappa shape index (κ2) is 11.7. The highest BCUT2D eigenvalue weighted by Crippen LogP contribution is 2.32. The number of ether oxygens (including phenoxy) is 3. The Kier molecular flexibility index (Phi) is 7.69. The summed E-state index contributed by atoms with van der Waals surface area (Å²) < 4.78 is 17.9. The van der Waals surface area contributed by atoms with Gasteiger partial charge in [-0.25, -0.2) is 9.97 Å². The Bertz CT molecular complexity index is 1370. The first-order chi connectivity index (χ1) is 19.5. The van der Waals surface area contributed by atoms with Gasteiger partial charge >= 0.3 is 0 Å². The molecular weight excluding hydrogens is 538 g/mol. The van der Waals surface area contributed by atoms with Crippen molar-refractivity contribution in [3.63, 3.8) is 0 Å². The number of fused-ring (bicyclic) bond motifs is 1. The Morgan fingerprint density at radius 2 is 2.02 bits per heavy atom. The zero-order chi connectivity index (χ0) is 27.5. The highest BCUT2D eigenvalue weighted by molar-refractivity contribution is 6.29. The summed E-state index contributed by atoms with van der Waals surface area (Å²) in [6.45, 7) is 3.15. The average molecular weight is 568 g/mol. The van der Waals surface area contributed by atoms with Crippen LogP contribution in [0.2, 0.25) is 5.15 Å². The van der Waals surface area contributed by atoms with Crippen molar-refractivity contribution in [1.29, 1.82) is 0 Å². The number of hydrogen-bond acceptors (Lipinski definition) is 9. The summed E-state index contributed by atoms with van der Waals surface area (Å²) in [5.41, 5.74) is 1.04. The lowest BCUT2D eigenvalue weighted by atomic mass is 10.0. The Morgan fingerprint density at radius 3 is 2.85 bits per heavy atom. The third-order valence-electron chi connectivity index (χ3n) is 7.37. The van der Waals surface area contributed by atoms with E-state index in [2.05, 4.69) is 15.3 Å². The Labute approximate surface area is 236 Å². The molecule has 2 atom stereocenters. The van der Waals surface area contributed by atoms with Crippen LogP contribution in [-0.2, 0) is 20.7 Å². The summed E-state index contributed by atoms with van der Waals surface area (Å²) in [6.07, 6.45) is 6.53. The van der Waals surface area contributed by atoms with E-state index >= 15 is 0 Å². The lowest BCUT2D eigenvalue weighted by Gasteiger charge is -2.42. The highest BCUT2D eigenvalue weighted by Gasteiger charge is 2.36. The van der Waals surface area contributed by atoms with Crippen molar-refractivity contribution in [1.82, 2.24) is 29.7 Å². The first-order valence-corrected chi connectivity index (χ1v) is 13.7. The molecule has 13 heteroatoms. The topological polar surface area (TPSA) is 124 Å². The molecule has 3 aliphatic heterocycles. The van der Waals surface area contributed by atoms with Crippen molar-refractivity contribution in [2.45, 2.75) is 25.3 Å². The van der Waals surface area contributed by atoms with Gasteiger partial charge in [0.25, 0.3) is 0 Å². The largest absolute Gasteiger partial charge is 0.454 e. The van der Waals surface area contributed by atoms with Gasteiger partial charge < -0.3 is 29.3 Å². The fourth-order valence-corrected chi connectivity index (χ4v) is 5.46. The predicted molar refractivity (Wildman–Crippen MR) is 145 cm³/mol. The molecule has 2 aromatic heterocycles. The first kappa shape index (κ1) is 26.3. The number of aromatic nitrogens is 4. The Balaban J connectivity index is 1.15. The molecule has 2 amide bonds. The molecule has 2 fully saturated rings. The maximum Gasteiger partial charge on any atom is 0.238 e. The summed E-state index contributed by atoms with van der Waals surface area (Å²) in [7, 11) is 0. The molecule has 210 valence electrons. The fraction of sp³-hybridized carbons (Fsp3) is 0.444. The maximum absolute atomic E-state index is 13.2. The molecule has 3 aliphatic rings. The second-order valence-corrected chi connectivity index (χ2v) is 10.4. The number of nitrogens with zero attached hydrogens (tertiary/aromatic N) is 6. The van der Waals surface area contributed by atoms with Crippen LogP contribution < -0.4 is 19.7 Å². The van der Waals surface area contributed by atoms with Gasteiger partial charge in [-0.15, -0.1) is 0 Å². The quantitative estimate of drug-likeness (QED) is 0.406. The summed E-state index contributed by atoms with van der Waals surface area (Å²) in [4.78, 5) is 43.3. The van der Waals surface area contributed by atoms with Crippen LogP contribution in [0.3, 0.4) is 0 Å². The fourth-order valence-electron chi connectivity index (χ4n) is 5.28. The lowest BCUT2D eigenvalue weighted by Crippen LogP contribution is -2.57. The number of carbonyl (C=O) groups is 2. The average Bonchev–Trinajstić information content (AvgIpc) is 3.75. The van der Waals surface area contributed by atoms with Crippen molar-refractivity contribution < 1.29 is 23.8 Å². The van der Waals surface area contributed by atoms with E-state index in [-0.39, 0.29) is 42.1 Å². The molecule has 1 N–H and O–H groups in total. The number of rotatable bonds is 8. The van der Waals surface area contributed by atoms with E-state index in [4.69, 9.17) is 30.8 Å². The second-order valence-electron chi connectivity index (χ2n) is 10.0. The van der Waals surface area contributed by atoms with Crippen molar-refractivity contribution in [2.24, 2.45) is 5.92 Å². The molecule has 3 aromatic rings. The summed E-state index contributed by atoms with van der Waals surface area (Å²) in [5.74, 6) is 2.26. The van der Waals surface area contributed by atoms with Gasteiger partial charge in [0.1, 0.15) is 17.3 Å². The van der Waals surface area contributed by atoms with Crippen LogP contribution in [0.15, 0.2) is 43.0 Å². The van der Waals surface area contributed by atoms with Crippen molar-refractivity contribution in [3.8, 4) is 17.4 Å². The van der Waals surface area contributed by atoms with E-state index in [1.54, 1.807) is 29.4 Å². The molecule has 1 aromatic carbocycles. The highest BCUT2D eigenvalue weighted by atomic mass is 35.5. The van der Waals surface area contributed by atoms with Gasteiger partial charge in [-0.3, -0.25) is 14.2 Å². The minimum Gasteiger partial charge on any atom is -0.454 e. The molecule has 5 heterocycles. The van der Waals surface area contributed by atoms with Crippen molar-refractivity contribution >= 4 is 29.2 Å². The summed E-state index contributed by atoms with van der Waals surface area (Å²) >= 11 is 6.38. The van der Waals surface area contributed by atoms with Gasteiger partial charge in [-0.1, -0.05) is 17.7 Å². The summed E-state index contributed by atoms with van der Waals surface area (Å²) in [5, 5.41) is 3.31. The normalized spacial score (nSPS) is 20.1. The van der Waals surface area contributed by atoms with Gasteiger partial charge in [-0.05, 0) is 30.5 Å². The third-order valence-corrected chi connectivity index (χ3v) is 7.56. The predicted octanol–water partition coefficient (Wildman–Crippen LogP) is 1.85. The molecule has 6 rings (SSSR count). The van der Waals surface area contributed by atoms with Crippen LogP contribution >= 0.6 is 11.6 Å². The van der Waals surface area contributed by atoms with Gasteiger partial charge in [0.05, 0.1) is 18.6 Å². The lowest BCUT2D eigenvalue weighted by molar-refractivity contribution is -0.137. The van der Waals surface area contributed by atoms with Gasteiger partial charge in [0, 0.05) is 57.7 Å². The maximum atomic E-state index is 13.2. The number of nitrogens with one attached hydrogen (secondary N) is 1. The number of benzene rings is 1. The zero-order valence-corrected chi connectivity index (χ0v) is 22.6. The number of hydrogen-bond donors (Lipinski definition) is 1. The van der Waals surface area contributed by atoms with Gasteiger partial charge in [0.15, 0.2) is 11.5 Å². The van der Waals surface area contributed by atoms with Crippen LogP contribution in [0.4, 0.5) is 5.82 Å². The minimum absolute atomic E-state index is 0.0743. The minimum atomic E-state index is -0.299. The zero-order valence-electron chi connectivity index (χ0n) is 21.9. The van der Waals surface area contributed by atoms with E-state index in [0.717, 1.165) is 23.5 Å². The smallest absolute Gasteiger partial charge is 0.238 e. The van der Waals surface area contributed by atoms with Crippen molar-refractivity contribution in [2.75, 3.05) is 51.1 Å². The van der Waals surface area contributed by atoms with E-state index < -0.39 is 0 Å². The van der Waals surface area contributed by atoms with E-state index in [0.29, 0.717) is 57.6 Å². The number of imidazole rings is 1. The van der Waals surface area contributed by atoms with Crippen LogP contribution in [0.5, 0.6) is 11.5 Å². The molecule has 2 unspecified atom stereocenters. The molecule has 0 radical (unpaired) electrons. The Morgan fingerprint density at radius 1 is 1.12 bits per heavy atom. The van der Waals surface area contributed by atoms with Crippen LogP contribution in [-0.4, -0.2) is 88.5 Å². The van der Waals surface area contributed by atoms with Gasteiger partial charge in [-0.2, -0.15) is 4.98 Å². The summed E-state index contributed by atoms with van der Waals surface area (Å²) in [6, 6.07) is 7.17. The molecule has 2 saturated heterocycles. The molecule has 0 spiro atoms.